The van der Waals surface area contributed by atoms with Gasteiger partial charge in [0.1, 0.15) is 0 Å². The lowest BCUT2D eigenvalue weighted by Crippen LogP contribution is -2.46. The van der Waals surface area contributed by atoms with Gasteiger partial charge in [-0.3, -0.25) is 4.79 Å². The first-order valence-electron chi connectivity index (χ1n) is 3.52. The molecule has 1 N–H and O–H groups in total. The zero-order chi connectivity index (χ0) is 7.56. The van der Waals surface area contributed by atoms with Crippen LogP contribution in [0.5, 0.6) is 0 Å². The fourth-order valence-electron chi connectivity index (χ4n) is 1.16. The number of carbonyl (C=O) groups excluding carboxylic acids is 1. The van der Waals surface area contributed by atoms with Crippen LogP contribution in [0.4, 0.5) is 0 Å². The number of amides is 1. The molecule has 58 valence electrons. The molecule has 0 spiro atoms. The number of carbonyl (C=O) groups is 1. The van der Waals surface area contributed by atoms with E-state index in [1.807, 2.05) is 0 Å². The molecular weight excluding hydrogens is 130 g/mol. The van der Waals surface area contributed by atoms with Gasteiger partial charge in [-0.2, -0.15) is 0 Å². The van der Waals surface area contributed by atoms with Gasteiger partial charge in [0.2, 0.25) is 5.91 Å². The van der Waals surface area contributed by atoms with Crippen LogP contribution < -0.4 is 5.32 Å². The minimum absolute atomic E-state index is 0.0551. The van der Waals surface area contributed by atoms with Crippen LogP contribution in [0.15, 0.2) is 0 Å². The summed E-state index contributed by atoms with van der Waals surface area (Å²) in [6.45, 7) is 1.54. The molecule has 0 aliphatic heterocycles. The maximum Gasteiger partial charge on any atom is 0.217 e. The van der Waals surface area contributed by atoms with Crippen LogP contribution in [0.3, 0.4) is 0 Å². The normalized spacial score (nSPS) is 31.0. The van der Waals surface area contributed by atoms with Crippen LogP contribution in [0, 0.1) is 0 Å². The quantitative estimate of drug-likeness (QED) is 0.603. The van der Waals surface area contributed by atoms with Gasteiger partial charge in [0.15, 0.2) is 0 Å². The summed E-state index contributed by atoms with van der Waals surface area (Å²) in [6.07, 6.45) is 2.31. The van der Waals surface area contributed by atoms with Gasteiger partial charge in [-0.15, -0.1) is 0 Å². The summed E-state index contributed by atoms with van der Waals surface area (Å²) in [5, 5.41) is 2.82. The molecule has 0 bridgehead atoms. The van der Waals surface area contributed by atoms with E-state index in [1.165, 1.54) is 0 Å². The molecule has 0 radical (unpaired) electrons. The van der Waals surface area contributed by atoms with Crippen LogP contribution in [-0.2, 0) is 9.53 Å². The number of methoxy groups -OCH3 is 1. The number of hydrogen-bond acceptors (Lipinski definition) is 2. The SMILES string of the molecule is COC1CC(NC(C)=O)C1. The van der Waals surface area contributed by atoms with Crippen molar-refractivity contribution in [1.82, 2.24) is 5.32 Å². The van der Waals surface area contributed by atoms with E-state index >= 15 is 0 Å². The van der Waals surface area contributed by atoms with Crippen molar-refractivity contribution in [2.45, 2.75) is 31.9 Å². The lowest BCUT2D eigenvalue weighted by molar-refractivity contribution is -0.121. The van der Waals surface area contributed by atoms with Gasteiger partial charge in [-0.05, 0) is 12.8 Å². The lowest BCUT2D eigenvalue weighted by Gasteiger charge is -2.34. The summed E-state index contributed by atoms with van der Waals surface area (Å²) in [7, 11) is 1.70. The Morgan fingerprint density at radius 3 is 2.60 bits per heavy atom. The maximum absolute atomic E-state index is 10.5. The van der Waals surface area contributed by atoms with Crippen LogP contribution >= 0.6 is 0 Å². The monoisotopic (exact) mass is 143 g/mol. The first-order valence-corrected chi connectivity index (χ1v) is 3.52. The Hall–Kier alpha value is -0.570. The highest BCUT2D eigenvalue weighted by Crippen LogP contribution is 2.21. The zero-order valence-electron chi connectivity index (χ0n) is 6.39. The second-order valence-electron chi connectivity index (χ2n) is 2.73. The molecule has 1 aliphatic rings. The Kier molecular flexibility index (Phi) is 2.27. The summed E-state index contributed by atoms with van der Waals surface area (Å²) < 4.78 is 5.05. The summed E-state index contributed by atoms with van der Waals surface area (Å²) >= 11 is 0. The highest BCUT2D eigenvalue weighted by Gasteiger charge is 2.28. The topological polar surface area (TPSA) is 38.3 Å². The molecule has 0 aromatic carbocycles. The number of nitrogens with one attached hydrogen (secondary N) is 1. The van der Waals surface area contributed by atoms with Gasteiger partial charge >= 0.3 is 0 Å². The third-order valence-electron chi connectivity index (χ3n) is 1.84. The molecule has 0 aromatic heterocycles. The molecule has 1 rings (SSSR count). The third kappa shape index (κ3) is 1.70. The first kappa shape index (κ1) is 7.54. The second kappa shape index (κ2) is 3.01. The van der Waals surface area contributed by atoms with E-state index in [2.05, 4.69) is 5.32 Å². The Bertz CT molecular complexity index is 130. The molecule has 0 unspecified atom stereocenters. The largest absolute Gasteiger partial charge is 0.381 e. The standard InChI is InChI=1S/C7H13NO2/c1-5(9)8-6-3-7(4-6)10-2/h6-7H,3-4H2,1-2H3,(H,8,9). The summed E-state index contributed by atoms with van der Waals surface area (Å²) in [6, 6.07) is 0.363. The number of rotatable bonds is 2. The molecule has 3 heteroatoms. The van der Waals surface area contributed by atoms with Crippen LogP contribution in [0.1, 0.15) is 19.8 Å². The molecule has 10 heavy (non-hydrogen) atoms. The molecule has 0 aromatic rings. The van der Waals surface area contributed by atoms with E-state index < -0.39 is 0 Å². The van der Waals surface area contributed by atoms with Crippen LogP contribution in [0.2, 0.25) is 0 Å². The Morgan fingerprint density at radius 1 is 1.60 bits per heavy atom. The van der Waals surface area contributed by atoms with E-state index in [9.17, 15) is 4.79 Å². The number of ether oxygens (including phenoxy) is 1. The molecular formula is C7H13NO2. The minimum atomic E-state index is 0.0551. The highest BCUT2D eigenvalue weighted by atomic mass is 16.5. The van der Waals surface area contributed by atoms with Gasteiger partial charge in [-0.1, -0.05) is 0 Å². The van der Waals surface area contributed by atoms with Gasteiger partial charge in [0, 0.05) is 20.1 Å². The molecule has 0 atom stereocenters. The third-order valence-corrected chi connectivity index (χ3v) is 1.84. The minimum Gasteiger partial charge on any atom is -0.381 e. The van der Waals surface area contributed by atoms with Crippen molar-refractivity contribution in [2.75, 3.05) is 7.11 Å². The molecule has 3 nitrogen and oxygen atoms in total. The van der Waals surface area contributed by atoms with E-state index in [1.54, 1.807) is 14.0 Å². The first-order chi connectivity index (χ1) is 4.72. The average molecular weight is 143 g/mol. The predicted octanol–water partition coefficient (Wildman–Crippen LogP) is 0.300. The molecule has 0 saturated heterocycles. The van der Waals surface area contributed by atoms with Crippen molar-refractivity contribution in [3.63, 3.8) is 0 Å². The summed E-state index contributed by atoms with van der Waals surface area (Å²) in [5.41, 5.74) is 0. The fraction of sp³-hybridized carbons (Fsp3) is 0.857. The van der Waals surface area contributed by atoms with Crippen molar-refractivity contribution in [3.8, 4) is 0 Å². The lowest BCUT2D eigenvalue weighted by atomic mass is 9.89. The predicted molar refractivity (Wildman–Crippen MR) is 37.6 cm³/mol. The maximum atomic E-state index is 10.5. The smallest absolute Gasteiger partial charge is 0.217 e. The Balaban J connectivity index is 2.08. The van der Waals surface area contributed by atoms with E-state index in [0.717, 1.165) is 12.8 Å². The van der Waals surface area contributed by atoms with Crippen molar-refractivity contribution in [1.29, 1.82) is 0 Å². The van der Waals surface area contributed by atoms with Gasteiger partial charge in [-0.25, -0.2) is 0 Å². The van der Waals surface area contributed by atoms with Gasteiger partial charge < -0.3 is 10.1 Å². The zero-order valence-corrected chi connectivity index (χ0v) is 6.39. The molecule has 1 amide bonds. The van der Waals surface area contributed by atoms with E-state index in [4.69, 9.17) is 4.74 Å². The van der Waals surface area contributed by atoms with Crippen molar-refractivity contribution in [2.24, 2.45) is 0 Å². The average Bonchev–Trinajstić information content (AvgIpc) is 1.76. The van der Waals surface area contributed by atoms with Crippen molar-refractivity contribution < 1.29 is 9.53 Å². The summed E-state index contributed by atoms with van der Waals surface area (Å²) in [5.74, 6) is 0.0551. The molecule has 0 heterocycles. The number of hydrogen-bond donors (Lipinski definition) is 1. The molecule has 1 fully saturated rings. The van der Waals surface area contributed by atoms with Crippen LogP contribution in [0.25, 0.3) is 0 Å². The van der Waals surface area contributed by atoms with Crippen molar-refractivity contribution >= 4 is 5.91 Å². The Morgan fingerprint density at radius 2 is 2.20 bits per heavy atom. The fourth-order valence-corrected chi connectivity index (χ4v) is 1.16. The molecule has 1 saturated carbocycles. The van der Waals surface area contributed by atoms with E-state index in [-0.39, 0.29) is 5.91 Å². The van der Waals surface area contributed by atoms with Crippen LogP contribution in [-0.4, -0.2) is 25.2 Å². The molecule has 1 aliphatic carbocycles. The second-order valence-corrected chi connectivity index (χ2v) is 2.73. The highest BCUT2D eigenvalue weighted by molar-refractivity contribution is 5.73. The summed E-state index contributed by atoms with van der Waals surface area (Å²) in [4.78, 5) is 10.5. The van der Waals surface area contributed by atoms with Gasteiger partial charge in [0.05, 0.1) is 6.10 Å². The van der Waals surface area contributed by atoms with Crippen molar-refractivity contribution in [3.05, 3.63) is 0 Å². The van der Waals surface area contributed by atoms with Gasteiger partial charge in [0.25, 0.3) is 0 Å². The van der Waals surface area contributed by atoms with E-state index in [0.29, 0.717) is 12.1 Å². The Labute approximate surface area is 60.7 Å².